The third-order valence-electron chi connectivity index (χ3n) is 2.64. The molecule has 1 atom stereocenters. The van der Waals surface area contributed by atoms with Crippen LogP contribution in [0, 0.1) is 5.92 Å². The molecule has 2 amide bonds. The van der Waals surface area contributed by atoms with Crippen LogP contribution in [0.4, 0.5) is 10.5 Å². The quantitative estimate of drug-likeness (QED) is 0.766. The minimum Gasteiger partial charge on any atom is -0.497 e. The summed E-state index contributed by atoms with van der Waals surface area (Å²) in [6.07, 6.45) is 0. The Morgan fingerprint density at radius 1 is 1.35 bits per heavy atom. The number of methoxy groups -OCH3 is 1. The number of carboxylic acid groups (broad SMARTS) is 1. The predicted octanol–water partition coefficient (Wildman–Crippen LogP) is 2.69. The van der Waals surface area contributed by atoms with Crippen LogP contribution in [0.3, 0.4) is 0 Å². The average molecular weight is 345 g/mol. The van der Waals surface area contributed by atoms with Crippen LogP contribution in [0.25, 0.3) is 0 Å². The van der Waals surface area contributed by atoms with E-state index in [4.69, 9.17) is 9.84 Å². The Hall–Kier alpha value is -1.76. The maximum absolute atomic E-state index is 11.8. The fraction of sp³-hybridized carbons (Fsp3) is 0.385. The number of hydrogen-bond donors (Lipinski definition) is 3. The van der Waals surface area contributed by atoms with Crippen molar-refractivity contribution >= 4 is 33.6 Å². The number of hydrogen-bond acceptors (Lipinski definition) is 3. The van der Waals surface area contributed by atoms with Gasteiger partial charge in [0.15, 0.2) is 0 Å². The first-order valence-electron chi connectivity index (χ1n) is 5.99. The van der Waals surface area contributed by atoms with E-state index in [0.29, 0.717) is 15.9 Å². The van der Waals surface area contributed by atoms with Crippen LogP contribution in [0.2, 0.25) is 0 Å². The van der Waals surface area contributed by atoms with Crippen molar-refractivity contribution in [3.05, 3.63) is 22.7 Å². The largest absolute Gasteiger partial charge is 0.497 e. The molecular weight excluding hydrogens is 328 g/mol. The highest BCUT2D eigenvalue weighted by atomic mass is 79.9. The smallest absolute Gasteiger partial charge is 0.326 e. The molecule has 0 spiro atoms. The van der Waals surface area contributed by atoms with Crippen molar-refractivity contribution in [3.8, 4) is 5.75 Å². The molecule has 0 bridgehead atoms. The van der Waals surface area contributed by atoms with E-state index in [1.165, 1.54) is 7.11 Å². The van der Waals surface area contributed by atoms with Crippen LogP contribution < -0.4 is 15.4 Å². The average Bonchev–Trinajstić information content (AvgIpc) is 2.37. The van der Waals surface area contributed by atoms with Crippen molar-refractivity contribution in [2.45, 2.75) is 19.9 Å². The van der Waals surface area contributed by atoms with E-state index < -0.39 is 18.0 Å². The van der Waals surface area contributed by atoms with Gasteiger partial charge in [0.2, 0.25) is 0 Å². The molecule has 7 heteroatoms. The Bertz CT molecular complexity index is 505. The maximum Gasteiger partial charge on any atom is 0.326 e. The van der Waals surface area contributed by atoms with Gasteiger partial charge >= 0.3 is 12.0 Å². The number of rotatable bonds is 5. The Kier molecular flexibility index (Phi) is 5.82. The summed E-state index contributed by atoms with van der Waals surface area (Å²) in [4.78, 5) is 22.9. The van der Waals surface area contributed by atoms with Crippen LogP contribution >= 0.6 is 15.9 Å². The van der Waals surface area contributed by atoms with Crippen LogP contribution in [-0.2, 0) is 4.79 Å². The van der Waals surface area contributed by atoms with Gasteiger partial charge in [-0.2, -0.15) is 0 Å². The number of benzene rings is 1. The molecule has 6 nitrogen and oxygen atoms in total. The number of carbonyl (C=O) groups excluding carboxylic acids is 1. The molecule has 0 fully saturated rings. The van der Waals surface area contributed by atoms with Gasteiger partial charge in [0.1, 0.15) is 11.8 Å². The third-order valence-corrected chi connectivity index (χ3v) is 3.33. The number of urea groups is 1. The van der Waals surface area contributed by atoms with Gasteiger partial charge in [-0.15, -0.1) is 0 Å². The van der Waals surface area contributed by atoms with E-state index in [9.17, 15) is 9.59 Å². The van der Waals surface area contributed by atoms with E-state index in [0.717, 1.165) is 0 Å². The molecule has 0 aliphatic carbocycles. The first-order valence-corrected chi connectivity index (χ1v) is 6.78. The molecule has 0 heterocycles. The first-order chi connectivity index (χ1) is 9.35. The maximum atomic E-state index is 11.8. The molecule has 1 unspecified atom stereocenters. The van der Waals surface area contributed by atoms with Gasteiger partial charge in [0.25, 0.3) is 0 Å². The van der Waals surface area contributed by atoms with Crippen LogP contribution in [0.1, 0.15) is 13.8 Å². The number of carbonyl (C=O) groups is 2. The second kappa shape index (κ2) is 7.14. The molecule has 0 aliphatic rings. The zero-order valence-electron chi connectivity index (χ0n) is 11.4. The van der Waals surface area contributed by atoms with Gasteiger partial charge in [0.05, 0.1) is 12.8 Å². The Morgan fingerprint density at radius 3 is 2.50 bits per heavy atom. The molecule has 0 radical (unpaired) electrons. The van der Waals surface area contributed by atoms with E-state index in [1.54, 1.807) is 32.0 Å². The van der Waals surface area contributed by atoms with Crippen LogP contribution in [0.5, 0.6) is 5.75 Å². The van der Waals surface area contributed by atoms with Crippen molar-refractivity contribution < 1.29 is 19.4 Å². The highest BCUT2D eigenvalue weighted by molar-refractivity contribution is 9.10. The van der Waals surface area contributed by atoms with Crippen molar-refractivity contribution in [2.24, 2.45) is 5.92 Å². The normalized spacial score (nSPS) is 11.8. The lowest BCUT2D eigenvalue weighted by atomic mass is 10.1. The molecule has 1 rings (SSSR count). The van der Waals surface area contributed by atoms with Gasteiger partial charge in [-0.1, -0.05) is 13.8 Å². The van der Waals surface area contributed by atoms with Crippen molar-refractivity contribution in [3.63, 3.8) is 0 Å². The molecule has 0 aliphatic heterocycles. The molecule has 0 aromatic heterocycles. The summed E-state index contributed by atoms with van der Waals surface area (Å²) in [6, 6.07) is 3.57. The number of carboxylic acids is 1. The fourth-order valence-corrected chi connectivity index (χ4v) is 1.89. The van der Waals surface area contributed by atoms with Crippen molar-refractivity contribution in [2.75, 3.05) is 12.4 Å². The zero-order valence-corrected chi connectivity index (χ0v) is 13.0. The lowest BCUT2D eigenvalue weighted by Crippen LogP contribution is -2.46. The fourth-order valence-electron chi connectivity index (χ4n) is 1.54. The molecule has 20 heavy (non-hydrogen) atoms. The van der Waals surface area contributed by atoms with Crippen molar-refractivity contribution in [1.82, 2.24) is 5.32 Å². The summed E-state index contributed by atoms with van der Waals surface area (Å²) in [6.45, 7) is 3.45. The molecule has 0 saturated heterocycles. The Morgan fingerprint density at radius 2 is 2.00 bits per heavy atom. The monoisotopic (exact) mass is 344 g/mol. The molecule has 110 valence electrons. The molecule has 1 aromatic carbocycles. The number of anilines is 1. The van der Waals surface area contributed by atoms with E-state index in [-0.39, 0.29) is 5.92 Å². The second-order valence-corrected chi connectivity index (χ2v) is 5.36. The number of ether oxygens (including phenoxy) is 1. The minimum atomic E-state index is -1.07. The lowest BCUT2D eigenvalue weighted by molar-refractivity contribution is -0.140. The highest BCUT2D eigenvalue weighted by Crippen LogP contribution is 2.27. The molecule has 3 N–H and O–H groups in total. The highest BCUT2D eigenvalue weighted by Gasteiger charge is 2.23. The second-order valence-electron chi connectivity index (χ2n) is 4.50. The van der Waals surface area contributed by atoms with E-state index >= 15 is 0 Å². The van der Waals surface area contributed by atoms with Crippen molar-refractivity contribution in [1.29, 1.82) is 0 Å². The molecule has 1 aromatic rings. The van der Waals surface area contributed by atoms with Crippen LogP contribution in [0.15, 0.2) is 22.7 Å². The van der Waals surface area contributed by atoms with Gasteiger partial charge < -0.3 is 20.5 Å². The number of amides is 2. The number of aliphatic carboxylic acids is 1. The topological polar surface area (TPSA) is 87.7 Å². The van der Waals surface area contributed by atoms with E-state index in [2.05, 4.69) is 26.6 Å². The summed E-state index contributed by atoms with van der Waals surface area (Å²) in [7, 11) is 1.52. The molecule has 0 saturated carbocycles. The Balaban J connectivity index is 2.78. The minimum absolute atomic E-state index is 0.216. The standard InChI is InChI=1S/C13H17BrN2O4/c1-7(2)11(12(17)18)16-13(19)15-10-6-8(20-3)4-5-9(10)14/h4-7,11H,1-3H3,(H,17,18)(H2,15,16,19). The molecular formula is C13H17BrN2O4. The lowest BCUT2D eigenvalue weighted by Gasteiger charge is -2.18. The predicted molar refractivity (Wildman–Crippen MR) is 79.1 cm³/mol. The Labute approximate surface area is 125 Å². The number of halogens is 1. The zero-order chi connectivity index (χ0) is 15.3. The summed E-state index contributed by atoms with van der Waals surface area (Å²) in [5, 5.41) is 14.0. The van der Waals surface area contributed by atoms with E-state index in [1.807, 2.05) is 0 Å². The third kappa shape index (κ3) is 4.41. The van der Waals surface area contributed by atoms with Gasteiger partial charge in [-0.05, 0) is 34.0 Å². The number of nitrogens with one attached hydrogen (secondary N) is 2. The summed E-state index contributed by atoms with van der Waals surface area (Å²) < 4.78 is 5.73. The summed E-state index contributed by atoms with van der Waals surface area (Å²) in [5.41, 5.74) is 0.495. The first kappa shape index (κ1) is 16.3. The summed E-state index contributed by atoms with van der Waals surface area (Å²) >= 11 is 3.30. The van der Waals surface area contributed by atoms with Crippen LogP contribution in [-0.4, -0.2) is 30.3 Å². The van der Waals surface area contributed by atoms with Gasteiger partial charge in [-0.3, -0.25) is 0 Å². The SMILES string of the molecule is COc1ccc(Br)c(NC(=O)NC(C(=O)O)C(C)C)c1. The summed E-state index contributed by atoms with van der Waals surface area (Å²) in [5.74, 6) is -0.700. The van der Waals surface area contributed by atoms with Gasteiger partial charge in [-0.25, -0.2) is 9.59 Å². The van der Waals surface area contributed by atoms with Gasteiger partial charge in [0, 0.05) is 10.5 Å².